The third-order valence-corrected chi connectivity index (χ3v) is 9.06. The van der Waals surface area contributed by atoms with Gasteiger partial charge in [0.25, 0.3) is 0 Å². The SMILES string of the molecule is NS(=O)(=O)c1cc(CN(Cc2ccccc2)NCc2ccccc2)cc(SCc2ccccc2)c1Cc1ccccc1. The van der Waals surface area contributed by atoms with E-state index in [1.807, 2.05) is 84.9 Å². The van der Waals surface area contributed by atoms with E-state index >= 15 is 0 Å². The third kappa shape index (κ3) is 8.64. The van der Waals surface area contributed by atoms with Crippen LogP contribution >= 0.6 is 11.8 Å². The van der Waals surface area contributed by atoms with Crippen molar-refractivity contribution >= 4 is 21.8 Å². The Labute approximate surface area is 253 Å². The van der Waals surface area contributed by atoms with Crippen LogP contribution in [0, 0.1) is 0 Å². The van der Waals surface area contributed by atoms with Crippen LogP contribution in [0.2, 0.25) is 0 Å². The largest absolute Gasteiger partial charge is 0.250 e. The molecule has 0 aliphatic heterocycles. The van der Waals surface area contributed by atoms with Gasteiger partial charge in [0.05, 0.1) is 4.90 Å². The van der Waals surface area contributed by atoms with Crippen LogP contribution < -0.4 is 10.6 Å². The maximum atomic E-state index is 13.0. The van der Waals surface area contributed by atoms with Crippen molar-refractivity contribution in [1.82, 2.24) is 10.4 Å². The van der Waals surface area contributed by atoms with Gasteiger partial charge in [-0.1, -0.05) is 121 Å². The Morgan fingerprint density at radius 1 is 0.619 bits per heavy atom. The minimum absolute atomic E-state index is 0.183. The van der Waals surface area contributed by atoms with Gasteiger partial charge in [-0.05, 0) is 51.9 Å². The molecule has 5 rings (SSSR count). The van der Waals surface area contributed by atoms with Gasteiger partial charge in [0.2, 0.25) is 10.0 Å². The first-order valence-electron chi connectivity index (χ1n) is 13.9. The molecule has 5 aromatic rings. The molecule has 0 bridgehead atoms. The van der Waals surface area contributed by atoms with Crippen molar-refractivity contribution in [3.63, 3.8) is 0 Å². The summed E-state index contributed by atoms with van der Waals surface area (Å²) in [5, 5.41) is 8.01. The van der Waals surface area contributed by atoms with Gasteiger partial charge >= 0.3 is 0 Å². The lowest BCUT2D eigenvalue weighted by molar-refractivity contribution is 0.164. The van der Waals surface area contributed by atoms with Crippen LogP contribution in [0.3, 0.4) is 0 Å². The summed E-state index contributed by atoms with van der Waals surface area (Å²) in [5.41, 5.74) is 9.71. The van der Waals surface area contributed by atoms with Crippen molar-refractivity contribution in [3.8, 4) is 0 Å². The third-order valence-electron chi connectivity index (χ3n) is 6.93. The average molecular weight is 594 g/mol. The molecule has 3 N–H and O–H groups in total. The van der Waals surface area contributed by atoms with Crippen LogP contribution in [-0.2, 0) is 41.8 Å². The molecule has 0 radical (unpaired) electrons. The van der Waals surface area contributed by atoms with E-state index in [4.69, 9.17) is 5.14 Å². The van der Waals surface area contributed by atoms with Crippen molar-refractivity contribution < 1.29 is 8.42 Å². The zero-order valence-corrected chi connectivity index (χ0v) is 25.0. The van der Waals surface area contributed by atoms with Crippen LogP contribution in [0.25, 0.3) is 0 Å². The number of nitrogens with one attached hydrogen (secondary N) is 1. The molecule has 0 aromatic heterocycles. The lowest BCUT2D eigenvalue weighted by atomic mass is 10.0. The zero-order valence-electron chi connectivity index (χ0n) is 23.4. The first-order chi connectivity index (χ1) is 20.4. The highest BCUT2D eigenvalue weighted by Gasteiger charge is 2.21. The normalized spacial score (nSPS) is 11.6. The van der Waals surface area contributed by atoms with Gasteiger partial charge in [0, 0.05) is 30.3 Å². The molecule has 7 heteroatoms. The molecular weight excluding hydrogens is 559 g/mol. The molecule has 0 amide bonds. The summed E-state index contributed by atoms with van der Waals surface area (Å²) in [6.45, 7) is 1.79. The second-order valence-corrected chi connectivity index (χ2v) is 12.8. The van der Waals surface area contributed by atoms with Crippen molar-refractivity contribution in [1.29, 1.82) is 0 Å². The predicted octanol–water partition coefficient (Wildman–Crippen LogP) is 6.92. The summed E-state index contributed by atoms with van der Waals surface area (Å²) in [4.78, 5) is 1.11. The van der Waals surface area contributed by atoms with Crippen LogP contribution in [0.1, 0.15) is 33.4 Å². The minimum Gasteiger partial charge on any atom is -0.250 e. The van der Waals surface area contributed by atoms with Gasteiger partial charge in [-0.25, -0.2) is 18.6 Å². The van der Waals surface area contributed by atoms with Gasteiger partial charge < -0.3 is 0 Å². The lowest BCUT2D eigenvalue weighted by Crippen LogP contribution is -2.36. The monoisotopic (exact) mass is 593 g/mol. The van der Waals surface area contributed by atoms with E-state index in [2.05, 4.69) is 52.9 Å². The minimum atomic E-state index is -3.98. The molecule has 42 heavy (non-hydrogen) atoms. The molecular formula is C35H35N3O2S2. The zero-order chi connectivity index (χ0) is 29.2. The maximum absolute atomic E-state index is 13.0. The maximum Gasteiger partial charge on any atom is 0.238 e. The molecule has 5 aromatic carbocycles. The van der Waals surface area contributed by atoms with Crippen molar-refractivity contribution in [2.24, 2.45) is 5.14 Å². The highest BCUT2D eigenvalue weighted by atomic mass is 32.2. The van der Waals surface area contributed by atoms with Gasteiger partial charge in [0.1, 0.15) is 0 Å². The molecule has 0 aliphatic carbocycles. The fourth-order valence-corrected chi connectivity index (χ4v) is 6.86. The number of rotatable bonds is 13. The molecule has 0 saturated heterocycles. The Kier molecular flexibility index (Phi) is 10.2. The standard InChI is InChI=1S/C35H35N3O2S2/c36-42(39,40)35-23-32(26-38(25-30-17-9-3-10-18-30)37-24-29-15-7-2-8-16-29)22-34(41-27-31-19-11-4-12-20-31)33(35)21-28-13-5-1-6-14-28/h1-20,22-23,37H,21,24-27H2,(H2,36,39,40). The van der Waals surface area contributed by atoms with Gasteiger partial charge in [-0.2, -0.15) is 0 Å². The highest BCUT2D eigenvalue weighted by Crippen LogP contribution is 2.34. The van der Waals surface area contributed by atoms with E-state index in [0.717, 1.165) is 38.5 Å². The average Bonchev–Trinajstić information content (AvgIpc) is 3.01. The second kappa shape index (κ2) is 14.4. The number of thioether (sulfide) groups is 1. The molecule has 0 unspecified atom stereocenters. The number of nitrogens with two attached hydrogens (primary N) is 1. The highest BCUT2D eigenvalue weighted by molar-refractivity contribution is 7.98. The number of nitrogens with zero attached hydrogens (tertiary/aromatic N) is 1. The summed E-state index contributed by atoms with van der Waals surface area (Å²) < 4.78 is 26.1. The lowest BCUT2D eigenvalue weighted by Gasteiger charge is -2.25. The van der Waals surface area contributed by atoms with E-state index in [1.165, 1.54) is 5.56 Å². The first kappa shape index (κ1) is 29.8. The Morgan fingerprint density at radius 3 is 1.69 bits per heavy atom. The summed E-state index contributed by atoms with van der Waals surface area (Å²) in [5.74, 6) is 0.718. The quantitative estimate of drug-likeness (QED) is 0.114. The van der Waals surface area contributed by atoms with E-state index < -0.39 is 10.0 Å². The fourth-order valence-electron chi connectivity index (χ4n) is 4.85. The summed E-state index contributed by atoms with van der Waals surface area (Å²) >= 11 is 1.65. The molecule has 214 valence electrons. The number of benzene rings is 5. The summed E-state index contributed by atoms with van der Waals surface area (Å²) in [6, 6.07) is 44.5. The second-order valence-electron chi connectivity index (χ2n) is 10.2. The number of hydrogen-bond acceptors (Lipinski definition) is 5. The van der Waals surface area contributed by atoms with Crippen molar-refractivity contribution in [2.45, 2.75) is 41.6 Å². The van der Waals surface area contributed by atoms with E-state index in [0.29, 0.717) is 26.1 Å². The topological polar surface area (TPSA) is 75.4 Å². The molecule has 0 atom stereocenters. The fraction of sp³-hybridized carbons (Fsp3) is 0.143. The molecule has 0 saturated carbocycles. The van der Waals surface area contributed by atoms with Crippen LogP contribution in [0.4, 0.5) is 0 Å². The van der Waals surface area contributed by atoms with Crippen LogP contribution in [0.15, 0.2) is 143 Å². The molecule has 0 spiro atoms. The Hall–Kier alpha value is -3.72. The van der Waals surface area contributed by atoms with Crippen molar-refractivity contribution in [3.05, 3.63) is 167 Å². The number of sulfonamides is 1. The summed E-state index contributed by atoms with van der Waals surface area (Å²) in [6.07, 6.45) is 0.476. The molecule has 0 fully saturated rings. The number of primary sulfonamides is 1. The number of hydrogen-bond donors (Lipinski definition) is 2. The van der Waals surface area contributed by atoms with Gasteiger partial charge in [-0.15, -0.1) is 11.8 Å². The van der Waals surface area contributed by atoms with Gasteiger partial charge in [0.15, 0.2) is 0 Å². The van der Waals surface area contributed by atoms with Crippen molar-refractivity contribution in [2.75, 3.05) is 0 Å². The van der Waals surface area contributed by atoms with Crippen LogP contribution in [0.5, 0.6) is 0 Å². The Balaban J connectivity index is 1.50. The van der Waals surface area contributed by atoms with E-state index in [-0.39, 0.29) is 4.90 Å². The van der Waals surface area contributed by atoms with Crippen LogP contribution in [-0.4, -0.2) is 13.4 Å². The van der Waals surface area contributed by atoms with Gasteiger partial charge in [-0.3, -0.25) is 5.43 Å². The Morgan fingerprint density at radius 2 is 1.12 bits per heavy atom. The smallest absolute Gasteiger partial charge is 0.238 e. The van der Waals surface area contributed by atoms with E-state index in [9.17, 15) is 8.42 Å². The van der Waals surface area contributed by atoms with E-state index in [1.54, 1.807) is 17.8 Å². The Bertz CT molecular complexity index is 1670. The molecule has 0 heterocycles. The molecule has 5 nitrogen and oxygen atoms in total. The predicted molar refractivity (Wildman–Crippen MR) is 172 cm³/mol. The molecule has 0 aliphatic rings. The first-order valence-corrected chi connectivity index (χ1v) is 16.4. The number of hydrazine groups is 1. The summed E-state index contributed by atoms with van der Waals surface area (Å²) in [7, 11) is -3.98.